The number of hydrogen-bond donors (Lipinski definition) is 1. The molecule has 0 bridgehead atoms. The van der Waals surface area contributed by atoms with Crippen molar-refractivity contribution in [2.75, 3.05) is 7.11 Å². The van der Waals surface area contributed by atoms with Gasteiger partial charge in [-0.3, -0.25) is 4.68 Å². The Balaban J connectivity index is 2.41. The fraction of sp³-hybridized carbons (Fsp3) is 0.455. The maximum absolute atomic E-state index is 6.21. The van der Waals surface area contributed by atoms with Gasteiger partial charge in [0.05, 0.1) is 31.4 Å². The van der Waals surface area contributed by atoms with Crippen LogP contribution in [-0.2, 0) is 13.6 Å². The predicted molar refractivity (Wildman–Crippen MR) is 63.7 cm³/mol. The van der Waals surface area contributed by atoms with Crippen LogP contribution < -0.4 is 10.5 Å². The van der Waals surface area contributed by atoms with Crippen LogP contribution in [0.25, 0.3) is 0 Å². The summed E-state index contributed by atoms with van der Waals surface area (Å²) in [4.78, 5) is 4.26. The van der Waals surface area contributed by atoms with Crippen LogP contribution in [0.1, 0.15) is 24.4 Å². The minimum atomic E-state index is -0.325. The molecule has 0 aliphatic heterocycles. The number of nitrogens with zero attached hydrogens (tertiary/aromatic N) is 4. The number of hydrogen-bond acceptors (Lipinski definition) is 4. The zero-order valence-corrected chi connectivity index (χ0v) is 10.3. The van der Waals surface area contributed by atoms with Gasteiger partial charge in [0.2, 0.25) is 0 Å². The molecule has 1 atom stereocenters. The minimum Gasteiger partial charge on any atom is -0.493 e. The second-order valence-electron chi connectivity index (χ2n) is 3.86. The standard InChI is InChI=1S/C11H17N5O/c1-4-16-11(9(17-3)5-14-16)10(12)8-6-15(2)7-13-8/h5-7,10H,4,12H2,1-3H3. The van der Waals surface area contributed by atoms with E-state index in [1.807, 2.05) is 29.4 Å². The molecule has 0 saturated heterocycles. The maximum atomic E-state index is 6.21. The molecule has 0 aliphatic carbocycles. The smallest absolute Gasteiger partial charge is 0.161 e. The van der Waals surface area contributed by atoms with Crippen molar-refractivity contribution < 1.29 is 4.74 Å². The van der Waals surface area contributed by atoms with Crippen LogP contribution in [0.4, 0.5) is 0 Å². The van der Waals surface area contributed by atoms with E-state index in [0.29, 0.717) is 5.75 Å². The second-order valence-corrected chi connectivity index (χ2v) is 3.86. The molecule has 2 rings (SSSR count). The molecule has 0 saturated carbocycles. The summed E-state index contributed by atoms with van der Waals surface area (Å²) < 4.78 is 8.98. The number of aryl methyl sites for hydroxylation is 2. The Kier molecular flexibility index (Phi) is 3.14. The summed E-state index contributed by atoms with van der Waals surface area (Å²) in [5, 5.41) is 4.24. The molecule has 92 valence electrons. The van der Waals surface area contributed by atoms with Gasteiger partial charge in [0, 0.05) is 19.8 Å². The third-order valence-electron chi connectivity index (χ3n) is 2.70. The second kappa shape index (κ2) is 4.58. The molecular weight excluding hydrogens is 218 g/mol. The lowest BCUT2D eigenvalue weighted by atomic mass is 10.1. The van der Waals surface area contributed by atoms with Crippen molar-refractivity contribution in [2.24, 2.45) is 12.8 Å². The molecule has 0 aliphatic rings. The van der Waals surface area contributed by atoms with Gasteiger partial charge in [-0.1, -0.05) is 0 Å². The third kappa shape index (κ3) is 2.03. The topological polar surface area (TPSA) is 70.9 Å². The van der Waals surface area contributed by atoms with Crippen molar-refractivity contribution in [3.8, 4) is 5.75 Å². The highest BCUT2D eigenvalue weighted by atomic mass is 16.5. The van der Waals surface area contributed by atoms with Gasteiger partial charge in [-0.25, -0.2) is 4.98 Å². The highest BCUT2D eigenvalue weighted by Crippen LogP contribution is 2.27. The normalized spacial score (nSPS) is 12.7. The van der Waals surface area contributed by atoms with Gasteiger partial charge >= 0.3 is 0 Å². The zero-order valence-electron chi connectivity index (χ0n) is 10.3. The first-order valence-corrected chi connectivity index (χ1v) is 5.50. The van der Waals surface area contributed by atoms with Crippen molar-refractivity contribution in [3.63, 3.8) is 0 Å². The van der Waals surface area contributed by atoms with E-state index in [0.717, 1.165) is 17.9 Å². The number of ether oxygens (including phenoxy) is 1. The summed E-state index contributed by atoms with van der Waals surface area (Å²) >= 11 is 0. The summed E-state index contributed by atoms with van der Waals surface area (Å²) in [6.07, 6.45) is 5.31. The predicted octanol–water partition coefficient (Wildman–Crippen LogP) is 0.693. The highest BCUT2D eigenvalue weighted by Gasteiger charge is 2.21. The van der Waals surface area contributed by atoms with E-state index < -0.39 is 0 Å². The Labute approximate surface area is 100 Å². The van der Waals surface area contributed by atoms with Gasteiger partial charge in [-0.2, -0.15) is 5.10 Å². The lowest BCUT2D eigenvalue weighted by Crippen LogP contribution is -2.18. The minimum absolute atomic E-state index is 0.325. The fourth-order valence-corrected chi connectivity index (χ4v) is 1.83. The first-order valence-electron chi connectivity index (χ1n) is 5.50. The first-order chi connectivity index (χ1) is 8.17. The average Bonchev–Trinajstić information content (AvgIpc) is 2.93. The van der Waals surface area contributed by atoms with Crippen LogP contribution in [0.15, 0.2) is 18.7 Å². The zero-order chi connectivity index (χ0) is 12.4. The Morgan fingerprint density at radius 3 is 2.82 bits per heavy atom. The van der Waals surface area contributed by atoms with E-state index in [-0.39, 0.29) is 6.04 Å². The highest BCUT2D eigenvalue weighted by molar-refractivity contribution is 5.32. The monoisotopic (exact) mass is 235 g/mol. The van der Waals surface area contributed by atoms with Gasteiger partial charge in [0.1, 0.15) is 5.69 Å². The summed E-state index contributed by atoms with van der Waals surface area (Å²) in [7, 11) is 3.53. The van der Waals surface area contributed by atoms with E-state index in [9.17, 15) is 0 Å². The third-order valence-corrected chi connectivity index (χ3v) is 2.70. The molecule has 2 aromatic rings. The number of imidazole rings is 1. The Bertz CT molecular complexity index is 480. The van der Waals surface area contributed by atoms with Crippen LogP contribution >= 0.6 is 0 Å². The summed E-state index contributed by atoms with van der Waals surface area (Å²) in [6, 6.07) is -0.325. The molecule has 0 amide bonds. The van der Waals surface area contributed by atoms with Crippen molar-refractivity contribution >= 4 is 0 Å². The SMILES string of the molecule is CCn1ncc(OC)c1C(N)c1cn(C)cn1. The molecule has 6 nitrogen and oxygen atoms in total. The van der Waals surface area contributed by atoms with Crippen LogP contribution in [-0.4, -0.2) is 26.4 Å². The van der Waals surface area contributed by atoms with Crippen molar-refractivity contribution in [3.05, 3.63) is 30.1 Å². The van der Waals surface area contributed by atoms with E-state index in [2.05, 4.69) is 10.1 Å². The van der Waals surface area contributed by atoms with Gasteiger partial charge in [-0.05, 0) is 6.92 Å². The van der Waals surface area contributed by atoms with Crippen LogP contribution in [0.3, 0.4) is 0 Å². The summed E-state index contributed by atoms with van der Waals surface area (Å²) in [6.45, 7) is 2.76. The number of methoxy groups -OCH3 is 1. The molecule has 2 N–H and O–H groups in total. The van der Waals surface area contributed by atoms with Crippen LogP contribution in [0.5, 0.6) is 5.75 Å². The van der Waals surface area contributed by atoms with Gasteiger partial charge in [0.25, 0.3) is 0 Å². The molecule has 2 aromatic heterocycles. The van der Waals surface area contributed by atoms with Crippen LogP contribution in [0, 0.1) is 0 Å². The molecule has 2 heterocycles. The maximum Gasteiger partial charge on any atom is 0.161 e. The Morgan fingerprint density at radius 2 is 2.29 bits per heavy atom. The largest absolute Gasteiger partial charge is 0.493 e. The van der Waals surface area contributed by atoms with Crippen molar-refractivity contribution in [1.82, 2.24) is 19.3 Å². The van der Waals surface area contributed by atoms with Gasteiger partial charge in [-0.15, -0.1) is 0 Å². The van der Waals surface area contributed by atoms with E-state index >= 15 is 0 Å². The Morgan fingerprint density at radius 1 is 1.53 bits per heavy atom. The fourth-order valence-electron chi connectivity index (χ4n) is 1.83. The molecular formula is C11H17N5O. The molecule has 0 spiro atoms. The summed E-state index contributed by atoms with van der Waals surface area (Å²) in [5.41, 5.74) is 7.87. The quantitative estimate of drug-likeness (QED) is 0.846. The molecule has 6 heteroatoms. The first kappa shape index (κ1) is 11.7. The lowest BCUT2D eigenvalue weighted by Gasteiger charge is -2.12. The van der Waals surface area contributed by atoms with Gasteiger partial charge < -0.3 is 15.0 Å². The summed E-state index contributed by atoms with van der Waals surface area (Å²) in [5.74, 6) is 0.699. The van der Waals surface area contributed by atoms with Gasteiger partial charge in [0.15, 0.2) is 5.75 Å². The van der Waals surface area contributed by atoms with Crippen molar-refractivity contribution in [2.45, 2.75) is 19.5 Å². The average molecular weight is 235 g/mol. The van der Waals surface area contributed by atoms with Crippen molar-refractivity contribution in [1.29, 1.82) is 0 Å². The molecule has 0 radical (unpaired) electrons. The molecule has 1 unspecified atom stereocenters. The lowest BCUT2D eigenvalue weighted by molar-refractivity contribution is 0.404. The molecule has 17 heavy (non-hydrogen) atoms. The number of nitrogens with two attached hydrogens (primary N) is 1. The van der Waals surface area contributed by atoms with E-state index in [1.54, 1.807) is 19.6 Å². The Hall–Kier alpha value is -1.82. The molecule has 0 fully saturated rings. The molecule has 0 aromatic carbocycles. The number of aromatic nitrogens is 4. The van der Waals surface area contributed by atoms with Crippen LogP contribution in [0.2, 0.25) is 0 Å². The van der Waals surface area contributed by atoms with E-state index in [1.165, 1.54) is 0 Å². The number of rotatable bonds is 4. The van der Waals surface area contributed by atoms with E-state index in [4.69, 9.17) is 10.5 Å².